The molecule has 2 aromatic heterocycles. The summed E-state index contributed by atoms with van der Waals surface area (Å²) in [5, 5.41) is 9.13. The zero-order valence-corrected chi connectivity index (χ0v) is 16.3. The van der Waals surface area contributed by atoms with Crippen LogP contribution in [-0.4, -0.2) is 15.7 Å². The summed E-state index contributed by atoms with van der Waals surface area (Å²) >= 11 is 1.42. The van der Waals surface area contributed by atoms with E-state index < -0.39 is 0 Å². The van der Waals surface area contributed by atoms with E-state index in [9.17, 15) is 4.79 Å². The van der Waals surface area contributed by atoms with Crippen molar-refractivity contribution in [2.75, 3.05) is 5.32 Å². The van der Waals surface area contributed by atoms with E-state index in [4.69, 9.17) is 4.74 Å². The average molecular weight is 369 g/mol. The Kier molecular flexibility index (Phi) is 5.42. The number of thiophene rings is 1. The third-order valence-electron chi connectivity index (χ3n) is 4.41. The first-order chi connectivity index (χ1) is 12.5. The van der Waals surface area contributed by atoms with Crippen LogP contribution in [0.15, 0.2) is 35.8 Å². The van der Waals surface area contributed by atoms with Crippen molar-refractivity contribution < 1.29 is 9.53 Å². The largest absolute Gasteiger partial charge is 0.489 e. The number of rotatable bonds is 6. The standard InChI is InChI=1S/C20H23N3O2S/c1-5-23-15(4)18(10-21-23)22-20(24)19-9-16(12-26-19)11-25-17-7-6-13(2)14(3)8-17/h6-10,12H,5,11H2,1-4H3,(H,22,24). The third-order valence-corrected chi connectivity index (χ3v) is 5.39. The van der Waals surface area contributed by atoms with Gasteiger partial charge in [-0.2, -0.15) is 5.10 Å². The SMILES string of the molecule is CCn1ncc(NC(=O)c2cc(COc3ccc(C)c(C)c3)cs2)c1C. The van der Waals surface area contributed by atoms with Crippen molar-refractivity contribution in [2.24, 2.45) is 0 Å². The number of hydrogen-bond donors (Lipinski definition) is 1. The molecule has 136 valence electrons. The molecular weight excluding hydrogens is 346 g/mol. The van der Waals surface area contributed by atoms with Gasteiger partial charge in [0.05, 0.1) is 22.5 Å². The van der Waals surface area contributed by atoms with Gasteiger partial charge in [-0.3, -0.25) is 9.48 Å². The Morgan fingerprint density at radius 2 is 2.04 bits per heavy atom. The van der Waals surface area contributed by atoms with Gasteiger partial charge in [0.1, 0.15) is 12.4 Å². The number of aryl methyl sites for hydroxylation is 3. The van der Waals surface area contributed by atoms with Crippen LogP contribution in [0.3, 0.4) is 0 Å². The Balaban J connectivity index is 1.62. The normalized spacial score (nSPS) is 10.8. The predicted octanol–water partition coefficient (Wildman–Crippen LogP) is 4.72. The van der Waals surface area contributed by atoms with Gasteiger partial charge in [-0.05, 0) is 62.4 Å². The fourth-order valence-corrected chi connectivity index (χ4v) is 3.40. The van der Waals surface area contributed by atoms with Crippen molar-refractivity contribution in [3.63, 3.8) is 0 Å². The number of amides is 1. The Morgan fingerprint density at radius 1 is 1.23 bits per heavy atom. The van der Waals surface area contributed by atoms with Gasteiger partial charge >= 0.3 is 0 Å². The predicted molar refractivity (Wildman–Crippen MR) is 105 cm³/mol. The van der Waals surface area contributed by atoms with Crippen molar-refractivity contribution in [1.82, 2.24) is 9.78 Å². The average Bonchev–Trinajstić information content (AvgIpc) is 3.23. The van der Waals surface area contributed by atoms with Crippen molar-refractivity contribution in [1.29, 1.82) is 0 Å². The van der Waals surface area contributed by atoms with E-state index in [1.165, 1.54) is 22.5 Å². The van der Waals surface area contributed by atoms with Gasteiger partial charge in [-0.25, -0.2) is 0 Å². The second kappa shape index (κ2) is 7.74. The molecule has 3 aromatic rings. The molecule has 0 aliphatic rings. The molecule has 0 radical (unpaired) electrons. The van der Waals surface area contributed by atoms with Crippen LogP contribution >= 0.6 is 11.3 Å². The molecule has 0 saturated heterocycles. The van der Waals surface area contributed by atoms with Crippen LogP contribution in [0.1, 0.15) is 39.0 Å². The van der Waals surface area contributed by atoms with Crippen LogP contribution in [0.5, 0.6) is 5.75 Å². The summed E-state index contributed by atoms with van der Waals surface area (Å²) in [5.74, 6) is 0.721. The molecule has 0 aliphatic heterocycles. The van der Waals surface area contributed by atoms with Crippen LogP contribution < -0.4 is 10.1 Å². The lowest BCUT2D eigenvalue weighted by molar-refractivity contribution is 0.103. The molecule has 0 fully saturated rings. The van der Waals surface area contributed by atoms with Gasteiger partial charge in [-0.15, -0.1) is 11.3 Å². The van der Waals surface area contributed by atoms with Crippen molar-refractivity contribution >= 4 is 22.9 Å². The van der Waals surface area contributed by atoms with Gasteiger partial charge in [-0.1, -0.05) is 6.07 Å². The topological polar surface area (TPSA) is 56.2 Å². The number of anilines is 1. The number of hydrogen-bond acceptors (Lipinski definition) is 4. The van der Waals surface area contributed by atoms with Gasteiger partial charge in [0.25, 0.3) is 5.91 Å². The number of benzene rings is 1. The minimum absolute atomic E-state index is 0.119. The molecule has 1 aromatic carbocycles. The summed E-state index contributed by atoms with van der Waals surface area (Å²) in [4.78, 5) is 13.1. The minimum Gasteiger partial charge on any atom is -0.489 e. The maximum atomic E-state index is 12.5. The highest BCUT2D eigenvalue weighted by Crippen LogP contribution is 2.22. The smallest absolute Gasteiger partial charge is 0.265 e. The molecule has 0 unspecified atom stereocenters. The number of ether oxygens (including phenoxy) is 1. The molecule has 0 bridgehead atoms. The number of nitrogens with zero attached hydrogens (tertiary/aromatic N) is 2. The quantitative estimate of drug-likeness (QED) is 0.684. The van der Waals surface area contributed by atoms with Crippen molar-refractivity contribution in [3.05, 3.63) is 63.1 Å². The molecule has 2 heterocycles. The number of carbonyl (C=O) groups excluding carboxylic acids is 1. The summed E-state index contributed by atoms with van der Waals surface area (Å²) in [6.07, 6.45) is 1.69. The second-order valence-corrected chi connectivity index (χ2v) is 7.18. The Bertz CT molecular complexity index is 927. The zero-order chi connectivity index (χ0) is 18.7. The molecule has 1 N–H and O–H groups in total. The van der Waals surface area contributed by atoms with Gasteiger partial charge < -0.3 is 10.1 Å². The highest BCUT2D eigenvalue weighted by molar-refractivity contribution is 7.12. The molecule has 26 heavy (non-hydrogen) atoms. The maximum Gasteiger partial charge on any atom is 0.265 e. The highest BCUT2D eigenvalue weighted by Gasteiger charge is 2.13. The lowest BCUT2D eigenvalue weighted by Gasteiger charge is -2.07. The van der Waals surface area contributed by atoms with E-state index in [1.807, 2.05) is 42.1 Å². The zero-order valence-electron chi connectivity index (χ0n) is 15.5. The first-order valence-corrected chi connectivity index (χ1v) is 9.47. The van der Waals surface area contributed by atoms with Gasteiger partial charge in [0.15, 0.2) is 0 Å². The maximum absolute atomic E-state index is 12.5. The summed E-state index contributed by atoms with van der Waals surface area (Å²) in [6, 6.07) is 7.93. The second-order valence-electron chi connectivity index (χ2n) is 6.27. The number of aromatic nitrogens is 2. The Morgan fingerprint density at radius 3 is 2.73 bits per heavy atom. The van der Waals surface area contributed by atoms with Crippen LogP contribution in [0.4, 0.5) is 5.69 Å². The molecule has 6 heteroatoms. The Hall–Kier alpha value is -2.60. The molecule has 5 nitrogen and oxygen atoms in total. The fraction of sp³-hybridized carbons (Fsp3) is 0.300. The lowest BCUT2D eigenvalue weighted by Crippen LogP contribution is -2.11. The molecule has 0 atom stereocenters. The molecule has 0 saturated carbocycles. The third kappa shape index (κ3) is 3.96. The monoisotopic (exact) mass is 369 g/mol. The molecule has 0 aliphatic carbocycles. The molecule has 1 amide bonds. The van der Waals surface area contributed by atoms with E-state index >= 15 is 0 Å². The van der Waals surface area contributed by atoms with Crippen LogP contribution in [-0.2, 0) is 13.2 Å². The van der Waals surface area contributed by atoms with E-state index in [2.05, 4.69) is 30.3 Å². The fourth-order valence-electron chi connectivity index (χ4n) is 2.61. The van der Waals surface area contributed by atoms with E-state index in [1.54, 1.807) is 6.20 Å². The van der Waals surface area contributed by atoms with Crippen molar-refractivity contribution in [2.45, 2.75) is 40.8 Å². The molecule has 3 rings (SSSR count). The van der Waals surface area contributed by atoms with E-state index in [0.29, 0.717) is 11.5 Å². The Labute approximate surface area is 157 Å². The van der Waals surface area contributed by atoms with Gasteiger partial charge in [0, 0.05) is 12.1 Å². The van der Waals surface area contributed by atoms with Crippen LogP contribution in [0, 0.1) is 20.8 Å². The lowest BCUT2D eigenvalue weighted by atomic mass is 10.1. The van der Waals surface area contributed by atoms with Gasteiger partial charge in [0.2, 0.25) is 0 Å². The molecular formula is C20H23N3O2S. The highest BCUT2D eigenvalue weighted by atomic mass is 32.1. The van der Waals surface area contributed by atoms with Crippen LogP contribution in [0.25, 0.3) is 0 Å². The summed E-state index contributed by atoms with van der Waals surface area (Å²) in [7, 11) is 0. The first kappa shape index (κ1) is 18.2. The summed E-state index contributed by atoms with van der Waals surface area (Å²) in [6.45, 7) is 9.34. The summed E-state index contributed by atoms with van der Waals surface area (Å²) < 4.78 is 7.69. The van der Waals surface area contributed by atoms with E-state index in [-0.39, 0.29) is 5.91 Å². The van der Waals surface area contributed by atoms with Crippen LogP contribution in [0.2, 0.25) is 0 Å². The minimum atomic E-state index is -0.119. The van der Waals surface area contributed by atoms with E-state index in [0.717, 1.165) is 29.2 Å². The number of nitrogens with one attached hydrogen (secondary N) is 1. The first-order valence-electron chi connectivity index (χ1n) is 8.59. The number of carbonyl (C=O) groups is 1. The molecule has 0 spiro atoms. The van der Waals surface area contributed by atoms with Crippen molar-refractivity contribution in [3.8, 4) is 5.75 Å². The summed E-state index contributed by atoms with van der Waals surface area (Å²) in [5.41, 5.74) is 5.14.